The predicted molar refractivity (Wildman–Crippen MR) is 99.4 cm³/mol. The van der Waals surface area contributed by atoms with Gasteiger partial charge in [0.05, 0.1) is 0 Å². The van der Waals surface area contributed by atoms with Crippen molar-refractivity contribution < 1.29 is 0 Å². The van der Waals surface area contributed by atoms with E-state index < -0.39 is 0 Å². The lowest BCUT2D eigenvalue weighted by Gasteiger charge is -2.24. The Labute approximate surface area is 143 Å². The van der Waals surface area contributed by atoms with Gasteiger partial charge in [-0.2, -0.15) is 0 Å². The second-order valence-corrected chi connectivity index (χ2v) is 6.20. The van der Waals surface area contributed by atoms with E-state index in [4.69, 9.17) is 0 Å². The van der Waals surface area contributed by atoms with Gasteiger partial charge in [-0.05, 0) is 49.4 Å². The summed E-state index contributed by atoms with van der Waals surface area (Å²) < 4.78 is 0. The molecular formula is C20H23ClN2. The van der Waals surface area contributed by atoms with Crippen LogP contribution in [0.4, 0.5) is 0 Å². The maximum absolute atomic E-state index is 3.76. The summed E-state index contributed by atoms with van der Waals surface area (Å²) in [6.07, 6.45) is 4.80. The van der Waals surface area contributed by atoms with E-state index in [0.717, 1.165) is 13.0 Å². The lowest BCUT2D eigenvalue weighted by Crippen LogP contribution is -2.27. The van der Waals surface area contributed by atoms with Gasteiger partial charge in [-0.15, -0.1) is 12.4 Å². The number of halogens is 1. The predicted octanol–water partition coefficient (Wildman–Crippen LogP) is 4.80. The first-order valence-electron chi connectivity index (χ1n) is 8.28. The molecule has 1 aromatic heterocycles. The van der Waals surface area contributed by atoms with Gasteiger partial charge in [-0.25, -0.2) is 0 Å². The fourth-order valence-corrected chi connectivity index (χ4v) is 3.65. The Morgan fingerprint density at radius 3 is 2.65 bits per heavy atom. The fourth-order valence-electron chi connectivity index (χ4n) is 3.65. The van der Waals surface area contributed by atoms with Gasteiger partial charge in [-0.3, -0.25) is 0 Å². The summed E-state index contributed by atoms with van der Waals surface area (Å²) in [4.78, 5) is 3.65. The standard InChI is InChI=1S/C20H22N2.ClH/c1-2-7-15(8-3-1)13-14-21-19-12-6-10-17-16-9-4-5-11-18(16)22-20(17)19;/h1-5,7-9,11,19,21-22H,6,10,12-14H2;1H. The van der Waals surface area contributed by atoms with Crippen molar-refractivity contribution in [3.05, 3.63) is 71.4 Å². The van der Waals surface area contributed by atoms with E-state index in [9.17, 15) is 0 Å². The van der Waals surface area contributed by atoms with Crippen molar-refractivity contribution >= 4 is 23.3 Å². The molecule has 0 saturated heterocycles. The average Bonchev–Trinajstić information content (AvgIpc) is 2.96. The van der Waals surface area contributed by atoms with Crippen LogP contribution in [0.5, 0.6) is 0 Å². The van der Waals surface area contributed by atoms with E-state index in [1.54, 1.807) is 0 Å². The number of benzene rings is 2. The average molecular weight is 327 g/mol. The molecule has 1 unspecified atom stereocenters. The number of rotatable bonds is 4. The topological polar surface area (TPSA) is 27.8 Å². The van der Waals surface area contributed by atoms with Gasteiger partial charge >= 0.3 is 0 Å². The molecule has 1 atom stereocenters. The summed E-state index contributed by atoms with van der Waals surface area (Å²) in [6.45, 7) is 1.03. The summed E-state index contributed by atoms with van der Waals surface area (Å²) >= 11 is 0. The Morgan fingerprint density at radius 2 is 1.78 bits per heavy atom. The number of hydrogen-bond acceptors (Lipinski definition) is 1. The highest BCUT2D eigenvalue weighted by Gasteiger charge is 2.23. The SMILES string of the molecule is Cl.c1ccc(CCNC2CCCc3c2[nH]c2ccccc32)cc1. The monoisotopic (exact) mass is 326 g/mol. The number of aryl methyl sites for hydroxylation is 1. The molecule has 1 heterocycles. The highest BCUT2D eigenvalue weighted by atomic mass is 35.5. The van der Waals surface area contributed by atoms with E-state index in [2.05, 4.69) is 64.9 Å². The van der Waals surface area contributed by atoms with E-state index in [1.165, 1.54) is 47.0 Å². The zero-order valence-corrected chi connectivity index (χ0v) is 14.0. The third-order valence-electron chi connectivity index (χ3n) is 4.76. The molecule has 120 valence electrons. The molecule has 0 fully saturated rings. The molecule has 4 rings (SSSR count). The summed E-state index contributed by atoms with van der Waals surface area (Å²) in [6, 6.07) is 19.9. The maximum Gasteiger partial charge on any atom is 0.0476 e. The van der Waals surface area contributed by atoms with E-state index in [0.29, 0.717) is 6.04 Å². The minimum Gasteiger partial charge on any atom is -0.357 e. The minimum atomic E-state index is 0. The molecule has 0 aliphatic heterocycles. The van der Waals surface area contributed by atoms with E-state index >= 15 is 0 Å². The van der Waals surface area contributed by atoms with Gasteiger partial charge < -0.3 is 10.3 Å². The Morgan fingerprint density at radius 1 is 1.00 bits per heavy atom. The number of aromatic nitrogens is 1. The van der Waals surface area contributed by atoms with Crippen LogP contribution in [0.15, 0.2) is 54.6 Å². The zero-order chi connectivity index (χ0) is 14.8. The third kappa shape index (κ3) is 3.29. The number of aromatic amines is 1. The highest BCUT2D eigenvalue weighted by Crippen LogP contribution is 2.34. The Hall–Kier alpha value is -1.77. The van der Waals surface area contributed by atoms with Crippen molar-refractivity contribution in [2.45, 2.75) is 31.7 Å². The van der Waals surface area contributed by atoms with Crippen LogP contribution in [-0.4, -0.2) is 11.5 Å². The smallest absolute Gasteiger partial charge is 0.0476 e. The van der Waals surface area contributed by atoms with Crippen molar-refractivity contribution in [3.8, 4) is 0 Å². The molecule has 2 N–H and O–H groups in total. The summed E-state index contributed by atoms with van der Waals surface area (Å²) in [7, 11) is 0. The molecule has 0 saturated carbocycles. The second-order valence-electron chi connectivity index (χ2n) is 6.20. The molecule has 0 radical (unpaired) electrons. The number of H-pyrrole nitrogens is 1. The van der Waals surface area contributed by atoms with Crippen LogP contribution < -0.4 is 5.32 Å². The first-order valence-corrected chi connectivity index (χ1v) is 8.28. The molecule has 23 heavy (non-hydrogen) atoms. The molecule has 3 heteroatoms. The Kier molecular flexibility index (Phi) is 5.04. The van der Waals surface area contributed by atoms with Crippen molar-refractivity contribution in [2.24, 2.45) is 0 Å². The number of para-hydroxylation sites is 1. The molecule has 3 aromatic rings. The van der Waals surface area contributed by atoms with Gasteiger partial charge in [0.15, 0.2) is 0 Å². The lowest BCUT2D eigenvalue weighted by atomic mass is 9.91. The molecular weight excluding hydrogens is 304 g/mol. The van der Waals surface area contributed by atoms with Gasteiger partial charge in [0.1, 0.15) is 0 Å². The largest absolute Gasteiger partial charge is 0.357 e. The molecule has 0 bridgehead atoms. The fraction of sp³-hybridized carbons (Fsp3) is 0.300. The van der Waals surface area contributed by atoms with Gasteiger partial charge in [0.25, 0.3) is 0 Å². The number of fused-ring (bicyclic) bond motifs is 3. The van der Waals surface area contributed by atoms with Crippen molar-refractivity contribution in [1.29, 1.82) is 0 Å². The van der Waals surface area contributed by atoms with Gasteiger partial charge in [0, 0.05) is 22.6 Å². The van der Waals surface area contributed by atoms with Crippen LogP contribution in [0, 0.1) is 0 Å². The first kappa shape index (κ1) is 16.1. The van der Waals surface area contributed by atoms with Crippen LogP contribution in [0.2, 0.25) is 0 Å². The molecule has 1 aliphatic carbocycles. The molecule has 2 aromatic carbocycles. The maximum atomic E-state index is 3.76. The number of hydrogen-bond donors (Lipinski definition) is 2. The molecule has 2 nitrogen and oxygen atoms in total. The van der Waals surface area contributed by atoms with Crippen LogP contribution in [0.3, 0.4) is 0 Å². The van der Waals surface area contributed by atoms with Crippen molar-refractivity contribution in [2.75, 3.05) is 6.54 Å². The summed E-state index contributed by atoms with van der Waals surface area (Å²) in [5.74, 6) is 0. The normalized spacial score (nSPS) is 16.8. The first-order chi connectivity index (χ1) is 10.9. The zero-order valence-electron chi connectivity index (χ0n) is 13.2. The van der Waals surface area contributed by atoms with Crippen LogP contribution in [0.25, 0.3) is 10.9 Å². The van der Waals surface area contributed by atoms with Gasteiger partial charge in [-0.1, -0.05) is 48.5 Å². The van der Waals surface area contributed by atoms with Crippen molar-refractivity contribution in [3.63, 3.8) is 0 Å². The quantitative estimate of drug-likeness (QED) is 0.708. The Bertz CT molecular complexity index is 764. The molecule has 1 aliphatic rings. The minimum absolute atomic E-state index is 0. The molecule has 0 amide bonds. The van der Waals surface area contributed by atoms with E-state index in [1.807, 2.05) is 0 Å². The summed E-state index contributed by atoms with van der Waals surface area (Å²) in [5.41, 5.74) is 5.63. The van der Waals surface area contributed by atoms with Crippen molar-refractivity contribution in [1.82, 2.24) is 10.3 Å². The van der Waals surface area contributed by atoms with Gasteiger partial charge in [0.2, 0.25) is 0 Å². The number of nitrogens with one attached hydrogen (secondary N) is 2. The third-order valence-corrected chi connectivity index (χ3v) is 4.76. The van der Waals surface area contributed by atoms with E-state index in [-0.39, 0.29) is 12.4 Å². The summed E-state index contributed by atoms with van der Waals surface area (Å²) in [5, 5.41) is 5.17. The highest BCUT2D eigenvalue weighted by molar-refractivity contribution is 5.85. The van der Waals surface area contributed by atoms with Crippen LogP contribution in [0.1, 0.15) is 35.7 Å². The van der Waals surface area contributed by atoms with Crippen LogP contribution >= 0.6 is 12.4 Å². The Balaban J connectivity index is 0.00000156. The van der Waals surface area contributed by atoms with Crippen LogP contribution in [-0.2, 0) is 12.8 Å². The lowest BCUT2D eigenvalue weighted by molar-refractivity contribution is 0.456. The molecule has 0 spiro atoms. The second kappa shape index (κ2) is 7.20.